The van der Waals surface area contributed by atoms with Crippen LogP contribution in [0.25, 0.3) is 0 Å². The number of likely N-dealkylation sites (tertiary alicyclic amines) is 1. The Morgan fingerprint density at radius 3 is 2.93 bits per heavy atom. The second-order valence-electron chi connectivity index (χ2n) is 7.56. The van der Waals surface area contributed by atoms with Crippen LogP contribution in [-0.4, -0.2) is 59.1 Å². The molecule has 0 N–H and O–H groups in total. The lowest BCUT2D eigenvalue weighted by Crippen LogP contribution is -2.42. The maximum atomic E-state index is 12.7. The molecule has 2 aliphatic heterocycles. The molecule has 27 heavy (non-hydrogen) atoms. The van der Waals surface area contributed by atoms with Crippen LogP contribution >= 0.6 is 0 Å². The number of aryl methyl sites for hydroxylation is 1. The summed E-state index contributed by atoms with van der Waals surface area (Å²) in [5.74, 6) is 0.534. The summed E-state index contributed by atoms with van der Waals surface area (Å²) in [5.41, 5.74) is 0.917. The molecule has 1 aromatic carbocycles. The molecule has 2 aliphatic rings. The molecule has 2 saturated heterocycles. The highest BCUT2D eigenvalue weighted by Gasteiger charge is 2.53. The molecular formula is C21H27N3O3. The first kappa shape index (κ1) is 18.2. The van der Waals surface area contributed by atoms with E-state index in [4.69, 9.17) is 9.47 Å². The first-order chi connectivity index (χ1) is 13.2. The van der Waals surface area contributed by atoms with Gasteiger partial charge in [-0.3, -0.25) is 9.48 Å². The van der Waals surface area contributed by atoms with Crippen molar-refractivity contribution in [3.63, 3.8) is 0 Å². The van der Waals surface area contributed by atoms with E-state index in [9.17, 15) is 4.79 Å². The molecule has 1 spiro atoms. The van der Waals surface area contributed by atoms with Gasteiger partial charge in [-0.2, -0.15) is 5.10 Å². The highest BCUT2D eigenvalue weighted by Crippen LogP contribution is 2.43. The van der Waals surface area contributed by atoms with Crippen LogP contribution in [-0.2, 0) is 20.8 Å². The van der Waals surface area contributed by atoms with Crippen LogP contribution in [0.5, 0.6) is 0 Å². The SMILES string of the molecule is CO[C@@H]1CN(C(=O)CCCn2cccn2)C[C@]12C[C@@H](c1ccccc1)CO2. The second kappa shape index (κ2) is 7.82. The van der Waals surface area contributed by atoms with Gasteiger partial charge in [-0.15, -0.1) is 0 Å². The van der Waals surface area contributed by atoms with Crippen molar-refractivity contribution in [1.82, 2.24) is 14.7 Å². The van der Waals surface area contributed by atoms with Crippen LogP contribution in [0.1, 0.15) is 30.7 Å². The Balaban J connectivity index is 1.36. The Bertz CT molecular complexity index is 749. The minimum atomic E-state index is -0.382. The van der Waals surface area contributed by atoms with E-state index >= 15 is 0 Å². The standard InChI is InChI=1S/C21H27N3O3/c1-26-19-14-23(20(25)9-5-11-24-12-6-10-22-24)16-21(19)13-18(15-27-21)17-7-3-2-4-8-17/h2-4,6-8,10,12,18-19H,5,9,11,13-16H2,1H3/t18-,19-,21-/m1/s1. The van der Waals surface area contributed by atoms with Crippen molar-refractivity contribution in [2.24, 2.45) is 0 Å². The fraction of sp³-hybridized carbons (Fsp3) is 0.524. The normalized spacial score (nSPS) is 27.5. The number of hydrogen-bond donors (Lipinski definition) is 0. The minimum Gasteiger partial charge on any atom is -0.377 e. The second-order valence-corrected chi connectivity index (χ2v) is 7.56. The van der Waals surface area contributed by atoms with Crippen molar-refractivity contribution in [3.8, 4) is 0 Å². The first-order valence-electron chi connectivity index (χ1n) is 9.67. The molecule has 0 aliphatic carbocycles. The Morgan fingerprint density at radius 1 is 1.33 bits per heavy atom. The summed E-state index contributed by atoms with van der Waals surface area (Å²) >= 11 is 0. The fourth-order valence-electron chi connectivity index (χ4n) is 4.39. The Kier molecular flexibility index (Phi) is 5.27. The highest BCUT2D eigenvalue weighted by atomic mass is 16.6. The summed E-state index contributed by atoms with van der Waals surface area (Å²) in [6.45, 7) is 2.68. The van der Waals surface area contributed by atoms with Gasteiger partial charge in [0, 0.05) is 44.9 Å². The molecule has 144 valence electrons. The number of amides is 1. The molecule has 1 aromatic heterocycles. The number of methoxy groups -OCH3 is 1. The molecule has 0 unspecified atom stereocenters. The molecule has 3 heterocycles. The van der Waals surface area contributed by atoms with Crippen molar-refractivity contribution in [2.45, 2.75) is 43.4 Å². The molecule has 0 radical (unpaired) electrons. The third kappa shape index (κ3) is 3.77. The van der Waals surface area contributed by atoms with Crippen LogP contribution < -0.4 is 0 Å². The van der Waals surface area contributed by atoms with Crippen molar-refractivity contribution >= 4 is 5.91 Å². The van der Waals surface area contributed by atoms with E-state index in [0.717, 1.165) is 19.4 Å². The Morgan fingerprint density at radius 2 is 2.19 bits per heavy atom. The zero-order chi connectivity index (χ0) is 18.7. The van der Waals surface area contributed by atoms with Crippen LogP contribution in [0.4, 0.5) is 0 Å². The molecular weight excluding hydrogens is 342 g/mol. The van der Waals surface area contributed by atoms with Gasteiger partial charge in [-0.05, 0) is 24.5 Å². The highest BCUT2D eigenvalue weighted by molar-refractivity contribution is 5.76. The van der Waals surface area contributed by atoms with Crippen LogP contribution in [0.15, 0.2) is 48.8 Å². The van der Waals surface area contributed by atoms with Crippen LogP contribution in [0.3, 0.4) is 0 Å². The zero-order valence-electron chi connectivity index (χ0n) is 15.8. The number of aromatic nitrogens is 2. The predicted molar refractivity (Wildman–Crippen MR) is 101 cm³/mol. The molecule has 4 rings (SSSR count). The van der Waals surface area contributed by atoms with Crippen molar-refractivity contribution in [1.29, 1.82) is 0 Å². The third-order valence-corrected chi connectivity index (χ3v) is 5.84. The van der Waals surface area contributed by atoms with E-state index in [1.165, 1.54) is 5.56 Å². The van der Waals surface area contributed by atoms with Gasteiger partial charge in [-0.1, -0.05) is 30.3 Å². The number of nitrogens with zero attached hydrogens (tertiary/aromatic N) is 3. The summed E-state index contributed by atoms with van der Waals surface area (Å²) in [7, 11) is 1.72. The molecule has 1 amide bonds. The average molecular weight is 369 g/mol. The number of carbonyl (C=O) groups is 1. The van der Waals surface area contributed by atoms with Gasteiger partial charge < -0.3 is 14.4 Å². The smallest absolute Gasteiger partial charge is 0.222 e. The molecule has 2 aromatic rings. The summed E-state index contributed by atoms with van der Waals surface area (Å²) in [4.78, 5) is 14.6. The van der Waals surface area contributed by atoms with Gasteiger partial charge in [0.1, 0.15) is 11.7 Å². The van der Waals surface area contributed by atoms with E-state index in [1.807, 2.05) is 27.9 Å². The fourth-order valence-corrected chi connectivity index (χ4v) is 4.39. The minimum absolute atomic E-state index is 0.0683. The molecule has 3 atom stereocenters. The lowest BCUT2D eigenvalue weighted by Gasteiger charge is -2.28. The maximum absolute atomic E-state index is 12.7. The monoisotopic (exact) mass is 369 g/mol. The van der Waals surface area contributed by atoms with E-state index in [0.29, 0.717) is 32.0 Å². The van der Waals surface area contributed by atoms with Gasteiger partial charge >= 0.3 is 0 Å². The van der Waals surface area contributed by atoms with E-state index < -0.39 is 0 Å². The van der Waals surface area contributed by atoms with Gasteiger partial charge in [-0.25, -0.2) is 0 Å². The number of carbonyl (C=O) groups excluding carboxylic acids is 1. The van der Waals surface area contributed by atoms with Crippen molar-refractivity contribution < 1.29 is 14.3 Å². The number of hydrogen-bond acceptors (Lipinski definition) is 4. The molecule has 2 fully saturated rings. The van der Waals surface area contributed by atoms with E-state index in [-0.39, 0.29) is 17.6 Å². The van der Waals surface area contributed by atoms with Crippen LogP contribution in [0.2, 0.25) is 0 Å². The lowest BCUT2D eigenvalue weighted by molar-refractivity contribution is -0.131. The number of rotatable bonds is 6. The van der Waals surface area contributed by atoms with Gasteiger partial charge in [0.15, 0.2) is 0 Å². The summed E-state index contributed by atoms with van der Waals surface area (Å²) < 4.78 is 13.9. The van der Waals surface area contributed by atoms with Gasteiger partial charge in [0.2, 0.25) is 5.91 Å². The summed E-state index contributed by atoms with van der Waals surface area (Å²) in [6.07, 6.45) is 5.82. The lowest BCUT2D eigenvalue weighted by atomic mass is 9.87. The first-order valence-corrected chi connectivity index (χ1v) is 9.67. The quantitative estimate of drug-likeness (QED) is 0.785. The topological polar surface area (TPSA) is 56.6 Å². The largest absolute Gasteiger partial charge is 0.377 e. The summed E-state index contributed by atoms with van der Waals surface area (Å²) in [6, 6.07) is 12.4. The number of benzene rings is 1. The molecule has 0 saturated carbocycles. The summed E-state index contributed by atoms with van der Waals surface area (Å²) in [5, 5.41) is 4.18. The molecule has 6 heteroatoms. The maximum Gasteiger partial charge on any atom is 0.222 e. The zero-order valence-corrected chi connectivity index (χ0v) is 15.8. The average Bonchev–Trinajstić information content (AvgIpc) is 3.43. The molecule has 0 bridgehead atoms. The predicted octanol–water partition coefficient (Wildman–Crippen LogP) is 2.46. The van der Waals surface area contributed by atoms with Crippen molar-refractivity contribution in [3.05, 3.63) is 54.4 Å². The Hall–Kier alpha value is -2.18. The van der Waals surface area contributed by atoms with Crippen molar-refractivity contribution in [2.75, 3.05) is 26.8 Å². The van der Waals surface area contributed by atoms with E-state index in [1.54, 1.807) is 13.3 Å². The van der Waals surface area contributed by atoms with Gasteiger partial charge in [0.05, 0.1) is 13.2 Å². The number of ether oxygens (including phenoxy) is 2. The van der Waals surface area contributed by atoms with Gasteiger partial charge in [0.25, 0.3) is 0 Å². The third-order valence-electron chi connectivity index (χ3n) is 5.84. The Labute approximate surface area is 160 Å². The van der Waals surface area contributed by atoms with Crippen LogP contribution in [0, 0.1) is 0 Å². The molecule has 6 nitrogen and oxygen atoms in total. The van der Waals surface area contributed by atoms with E-state index in [2.05, 4.69) is 29.4 Å².